The van der Waals surface area contributed by atoms with E-state index in [1.165, 1.54) is 42.5 Å². The van der Waals surface area contributed by atoms with Gasteiger partial charge in [0.2, 0.25) is 0 Å². The van der Waals surface area contributed by atoms with Crippen molar-refractivity contribution in [3.63, 3.8) is 0 Å². The third-order valence-electron chi connectivity index (χ3n) is 7.37. The molecule has 1 N–H and O–H groups in total. The van der Waals surface area contributed by atoms with Gasteiger partial charge in [0.1, 0.15) is 5.82 Å². The highest BCUT2D eigenvalue weighted by Crippen LogP contribution is 2.32. The van der Waals surface area contributed by atoms with E-state index < -0.39 is 21.6 Å². The van der Waals surface area contributed by atoms with Crippen molar-refractivity contribution in [2.75, 3.05) is 32.4 Å². The second-order valence-corrected chi connectivity index (χ2v) is 12.6. The molecule has 0 spiro atoms. The van der Waals surface area contributed by atoms with Crippen LogP contribution in [0.25, 0.3) is 0 Å². The van der Waals surface area contributed by atoms with Crippen LogP contribution in [0.15, 0.2) is 89.5 Å². The van der Waals surface area contributed by atoms with Gasteiger partial charge in [0.15, 0.2) is 9.84 Å². The molecule has 3 aromatic rings. The number of hydrogen-bond donors (Lipinski definition) is 1. The largest absolute Gasteiger partial charge is 0.345 e. The summed E-state index contributed by atoms with van der Waals surface area (Å²) in [5.74, 6) is -1.19. The predicted molar refractivity (Wildman–Crippen MR) is 151 cm³/mol. The summed E-state index contributed by atoms with van der Waals surface area (Å²) in [4.78, 5) is 30.0. The van der Waals surface area contributed by atoms with E-state index in [1.54, 1.807) is 4.90 Å². The molecule has 208 valence electrons. The fourth-order valence-electron chi connectivity index (χ4n) is 5.26. The first-order chi connectivity index (χ1) is 19.1. The van der Waals surface area contributed by atoms with Crippen LogP contribution in [0.2, 0.25) is 5.02 Å². The minimum absolute atomic E-state index is 0.0995. The zero-order chi connectivity index (χ0) is 28.4. The van der Waals surface area contributed by atoms with E-state index in [4.69, 9.17) is 11.6 Å². The summed E-state index contributed by atoms with van der Waals surface area (Å²) in [7, 11) is -3.35. The first-order valence-corrected chi connectivity index (χ1v) is 15.2. The monoisotopic (exact) mass is 581 g/mol. The molecule has 0 radical (unpaired) electrons. The topological polar surface area (TPSA) is 86.8 Å². The second kappa shape index (κ2) is 11.5. The minimum Gasteiger partial charge on any atom is -0.345 e. The van der Waals surface area contributed by atoms with Gasteiger partial charge in [0.05, 0.1) is 21.5 Å². The summed E-state index contributed by atoms with van der Waals surface area (Å²) in [5.41, 5.74) is 2.37. The zero-order valence-corrected chi connectivity index (χ0v) is 23.5. The first-order valence-electron chi connectivity index (χ1n) is 12.9. The molecule has 2 amide bonds. The van der Waals surface area contributed by atoms with Crippen molar-refractivity contribution in [1.29, 1.82) is 0 Å². The molecule has 2 atom stereocenters. The van der Waals surface area contributed by atoms with Crippen LogP contribution in [-0.2, 0) is 9.84 Å². The Morgan fingerprint density at radius 2 is 1.75 bits per heavy atom. The van der Waals surface area contributed by atoms with Gasteiger partial charge in [-0.25, -0.2) is 12.8 Å². The van der Waals surface area contributed by atoms with E-state index in [1.807, 2.05) is 36.5 Å². The minimum atomic E-state index is -3.35. The predicted octanol–water partition coefficient (Wildman–Crippen LogP) is 4.72. The molecule has 0 aliphatic carbocycles. The van der Waals surface area contributed by atoms with Gasteiger partial charge in [0, 0.05) is 50.1 Å². The lowest BCUT2D eigenvalue weighted by atomic mass is 10.0. The van der Waals surface area contributed by atoms with E-state index >= 15 is 0 Å². The number of halogens is 2. The van der Waals surface area contributed by atoms with Crippen molar-refractivity contribution >= 4 is 33.3 Å². The molecule has 2 aliphatic heterocycles. The number of benzene rings is 3. The number of sulfone groups is 1. The molecule has 1 unspecified atom stereocenters. The van der Waals surface area contributed by atoms with Gasteiger partial charge in [-0.3, -0.25) is 14.5 Å². The maximum absolute atomic E-state index is 14.3. The highest BCUT2D eigenvalue weighted by molar-refractivity contribution is 7.90. The Labute approximate surface area is 238 Å². The fraction of sp³-hybridized carbons (Fsp3) is 0.267. The van der Waals surface area contributed by atoms with Crippen molar-refractivity contribution in [2.24, 2.45) is 5.92 Å². The molecule has 10 heteroatoms. The van der Waals surface area contributed by atoms with Crippen LogP contribution in [-0.4, -0.2) is 62.5 Å². The van der Waals surface area contributed by atoms with Gasteiger partial charge in [-0.15, -0.1) is 0 Å². The molecule has 2 aliphatic rings. The Bertz CT molecular complexity index is 1540. The van der Waals surface area contributed by atoms with Gasteiger partial charge in [-0.1, -0.05) is 48.0 Å². The third kappa shape index (κ3) is 6.11. The number of fused-ring (bicyclic) bond motifs is 1. The summed E-state index contributed by atoms with van der Waals surface area (Å²) >= 11 is 6.10. The van der Waals surface area contributed by atoms with Crippen LogP contribution >= 0.6 is 11.6 Å². The van der Waals surface area contributed by atoms with Crippen LogP contribution in [0.5, 0.6) is 0 Å². The number of rotatable bonds is 8. The summed E-state index contributed by atoms with van der Waals surface area (Å²) in [6.07, 6.45) is 3.60. The van der Waals surface area contributed by atoms with Gasteiger partial charge >= 0.3 is 0 Å². The summed E-state index contributed by atoms with van der Waals surface area (Å²) in [5, 5.41) is 3.20. The van der Waals surface area contributed by atoms with Gasteiger partial charge < -0.3 is 10.2 Å². The van der Waals surface area contributed by atoms with Gasteiger partial charge in [0.25, 0.3) is 11.8 Å². The molecule has 3 aromatic carbocycles. The second-order valence-electron chi connectivity index (χ2n) is 10.2. The Morgan fingerprint density at radius 1 is 1.02 bits per heavy atom. The number of carbonyl (C=O) groups excluding carboxylic acids is 2. The van der Waals surface area contributed by atoms with Crippen LogP contribution in [0.4, 0.5) is 4.39 Å². The zero-order valence-electron chi connectivity index (χ0n) is 21.9. The summed E-state index contributed by atoms with van der Waals surface area (Å²) in [6.45, 7) is 2.62. The van der Waals surface area contributed by atoms with Gasteiger partial charge in [-0.2, -0.15) is 0 Å². The highest BCUT2D eigenvalue weighted by Gasteiger charge is 2.36. The van der Waals surface area contributed by atoms with E-state index in [0.717, 1.165) is 23.9 Å². The SMILES string of the molecule is CS(=O)(=O)c1ccc(C(=O)N[C@@H](CCN2CC3=CN(C(=O)c4c(F)cccc4Cl)CC3C2)c2ccccc2)cc1. The van der Waals surface area contributed by atoms with Crippen molar-refractivity contribution in [3.05, 3.63) is 112 Å². The molecular weight excluding hydrogens is 553 g/mol. The number of nitrogens with one attached hydrogen (secondary N) is 1. The van der Waals surface area contributed by atoms with Crippen molar-refractivity contribution in [3.8, 4) is 0 Å². The molecule has 0 saturated carbocycles. The third-order valence-corrected chi connectivity index (χ3v) is 8.81. The lowest BCUT2D eigenvalue weighted by molar-refractivity contribution is 0.0816. The number of carbonyl (C=O) groups is 2. The lowest BCUT2D eigenvalue weighted by Crippen LogP contribution is -2.33. The van der Waals surface area contributed by atoms with Gasteiger partial charge in [-0.05, 0) is 54.0 Å². The van der Waals surface area contributed by atoms with E-state index in [-0.39, 0.29) is 33.3 Å². The first kappa shape index (κ1) is 28.0. The van der Waals surface area contributed by atoms with E-state index in [9.17, 15) is 22.4 Å². The Morgan fingerprint density at radius 3 is 2.40 bits per heavy atom. The molecule has 7 nitrogen and oxygen atoms in total. The fourth-order valence-corrected chi connectivity index (χ4v) is 6.14. The maximum atomic E-state index is 14.3. The average molecular weight is 582 g/mol. The number of hydrogen-bond acceptors (Lipinski definition) is 5. The summed E-state index contributed by atoms with van der Waals surface area (Å²) < 4.78 is 37.8. The standard InChI is InChI=1S/C30H29ClFN3O4S/c1-40(38,39)24-12-10-21(11-13-24)29(36)33-27(20-6-3-2-4-7-20)14-15-34-16-22-18-35(19-23(22)17-34)30(37)28-25(31)8-5-9-26(28)32/h2-13,18,23,27H,14-17,19H2,1H3,(H,33,36)/t23?,27-/m0/s1. The van der Waals surface area contributed by atoms with E-state index in [0.29, 0.717) is 31.6 Å². The molecule has 1 fully saturated rings. The average Bonchev–Trinajstić information content (AvgIpc) is 3.50. The molecule has 5 rings (SSSR count). The molecule has 0 aromatic heterocycles. The normalized spacial score (nSPS) is 17.8. The summed E-state index contributed by atoms with van der Waals surface area (Å²) in [6, 6.07) is 19.6. The molecule has 0 bridgehead atoms. The van der Waals surface area contributed by atoms with Crippen molar-refractivity contribution in [1.82, 2.24) is 15.1 Å². The number of amides is 2. The van der Waals surface area contributed by atoms with Crippen LogP contribution < -0.4 is 5.32 Å². The highest BCUT2D eigenvalue weighted by atomic mass is 35.5. The molecule has 40 heavy (non-hydrogen) atoms. The number of nitrogens with zero attached hydrogens (tertiary/aromatic N) is 2. The van der Waals surface area contributed by atoms with Crippen LogP contribution in [0, 0.1) is 11.7 Å². The molecule has 1 saturated heterocycles. The van der Waals surface area contributed by atoms with Crippen molar-refractivity contribution in [2.45, 2.75) is 17.4 Å². The van der Waals surface area contributed by atoms with Crippen LogP contribution in [0.1, 0.15) is 38.7 Å². The lowest BCUT2D eigenvalue weighted by Gasteiger charge is -2.24. The van der Waals surface area contributed by atoms with E-state index in [2.05, 4.69) is 10.2 Å². The Hall–Kier alpha value is -3.53. The molecular formula is C30H29ClFN3O4S. The molecule has 2 heterocycles. The quantitative estimate of drug-likeness (QED) is 0.416. The van der Waals surface area contributed by atoms with Crippen molar-refractivity contribution < 1.29 is 22.4 Å². The Balaban J connectivity index is 1.23. The smallest absolute Gasteiger partial charge is 0.262 e. The van der Waals surface area contributed by atoms with Crippen LogP contribution in [0.3, 0.4) is 0 Å². The number of likely N-dealkylation sites (tertiary alicyclic amines) is 1. The maximum Gasteiger partial charge on any atom is 0.262 e. The Kier molecular flexibility index (Phi) is 8.07.